The van der Waals surface area contributed by atoms with E-state index < -0.39 is 5.41 Å². The fourth-order valence-corrected chi connectivity index (χ4v) is 11.6. The lowest BCUT2D eigenvalue weighted by Gasteiger charge is -2.36. The van der Waals surface area contributed by atoms with Crippen molar-refractivity contribution >= 4 is 52.2 Å². The number of aryl methyl sites for hydroxylation is 1. The minimum Gasteiger partial charge on any atom is -0.311 e. The van der Waals surface area contributed by atoms with E-state index >= 15 is 0 Å². The second-order valence-electron chi connectivity index (χ2n) is 18.1. The van der Waals surface area contributed by atoms with Crippen molar-refractivity contribution in [1.82, 2.24) is 4.57 Å². The summed E-state index contributed by atoms with van der Waals surface area (Å²) >= 11 is 0. The summed E-state index contributed by atoms with van der Waals surface area (Å²) in [5.41, 5.74) is 23.5. The van der Waals surface area contributed by atoms with Crippen LogP contribution in [0.4, 0.5) is 11.4 Å². The van der Waals surface area contributed by atoms with E-state index in [1.54, 1.807) is 0 Å². The topological polar surface area (TPSA) is 8.17 Å². The second kappa shape index (κ2) is 17.6. The maximum Gasteiger partial charge on any atom is 0.0715 e. The van der Waals surface area contributed by atoms with Crippen LogP contribution in [0.3, 0.4) is 0 Å². The van der Waals surface area contributed by atoms with E-state index in [1.807, 2.05) is 24.3 Å². The van der Waals surface area contributed by atoms with Gasteiger partial charge in [-0.3, -0.25) is 0 Å². The quantitative estimate of drug-likeness (QED) is 0.119. The Kier molecular flexibility index (Phi) is 11.0. The molecule has 0 atom stereocenters. The highest BCUT2D eigenvalue weighted by Crippen LogP contribution is 2.60. The molecule has 11 rings (SSSR count). The molecule has 0 bridgehead atoms. The van der Waals surface area contributed by atoms with Gasteiger partial charge in [0.15, 0.2) is 0 Å². The number of hydrogen-bond acceptors (Lipinski definition) is 1. The van der Waals surface area contributed by atoms with E-state index in [2.05, 4.69) is 244 Å². The molecule has 0 fully saturated rings. The first-order valence-electron chi connectivity index (χ1n) is 24.0. The molecule has 2 heteroatoms. The molecule has 2 nitrogen and oxygen atoms in total. The summed E-state index contributed by atoms with van der Waals surface area (Å²) in [6.45, 7) is 22.2. The van der Waals surface area contributed by atoms with Gasteiger partial charge in [-0.05, 0) is 142 Å². The molecule has 0 amide bonds. The predicted molar refractivity (Wildman–Crippen MR) is 296 cm³/mol. The maximum atomic E-state index is 4.56. The minimum absolute atomic E-state index is 0.746. The molecule has 332 valence electrons. The lowest BCUT2D eigenvalue weighted by molar-refractivity contribution is 0.766. The van der Waals surface area contributed by atoms with E-state index in [9.17, 15) is 0 Å². The van der Waals surface area contributed by atoms with Gasteiger partial charge in [-0.15, -0.1) is 0 Å². The molecular formula is C67H54N2. The van der Waals surface area contributed by atoms with Gasteiger partial charge in [0.25, 0.3) is 0 Å². The van der Waals surface area contributed by atoms with Crippen LogP contribution in [0.15, 0.2) is 232 Å². The highest BCUT2D eigenvalue weighted by atomic mass is 15.2. The molecule has 0 saturated carbocycles. The van der Waals surface area contributed by atoms with Crippen LogP contribution < -0.4 is 4.90 Å². The lowest BCUT2D eigenvalue weighted by Crippen LogP contribution is -2.29. The number of aromatic nitrogens is 1. The lowest BCUT2D eigenvalue weighted by atomic mass is 9.67. The number of rotatable bonds is 12. The molecule has 2 aliphatic carbocycles. The van der Waals surface area contributed by atoms with Gasteiger partial charge in [-0.25, -0.2) is 0 Å². The molecule has 9 aromatic rings. The number of fused-ring (bicyclic) bond motifs is 4. The average molecular weight is 887 g/mol. The van der Waals surface area contributed by atoms with Crippen LogP contribution in [-0.4, -0.2) is 4.57 Å². The minimum atomic E-state index is -0.746. The van der Waals surface area contributed by atoms with E-state index in [0.29, 0.717) is 0 Å². The van der Waals surface area contributed by atoms with Crippen molar-refractivity contribution in [2.75, 3.05) is 4.90 Å². The molecule has 0 N–H and O–H groups in total. The van der Waals surface area contributed by atoms with Gasteiger partial charge >= 0.3 is 0 Å². The van der Waals surface area contributed by atoms with E-state index in [4.69, 9.17) is 0 Å². The maximum absolute atomic E-state index is 4.56. The number of hydrogen-bond donors (Lipinski definition) is 0. The van der Waals surface area contributed by atoms with Gasteiger partial charge in [-0.2, -0.15) is 0 Å². The molecule has 1 aromatic heterocycles. The van der Waals surface area contributed by atoms with Gasteiger partial charge in [0, 0.05) is 33.6 Å². The Morgan fingerprint density at radius 1 is 0.522 bits per heavy atom. The first kappa shape index (κ1) is 43.1. The van der Waals surface area contributed by atoms with Crippen molar-refractivity contribution in [2.45, 2.75) is 32.1 Å². The summed E-state index contributed by atoms with van der Waals surface area (Å²) < 4.78 is 2.34. The van der Waals surface area contributed by atoms with E-state index in [-0.39, 0.29) is 0 Å². The Bertz CT molecular complexity index is 3540. The second-order valence-corrected chi connectivity index (χ2v) is 18.1. The van der Waals surface area contributed by atoms with Crippen LogP contribution >= 0.6 is 0 Å². The third-order valence-corrected chi connectivity index (χ3v) is 14.6. The normalized spacial score (nSPS) is 13.6. The van der Waals surface area contributed by atoms with Crippen molar-refractivity contribution in [2.24, 2.45) is 0 Å². The zero-order valence-electron chi connectivity index (χ0n) is 39.4. The highest BCUT2D eigenvalue weighted by Gasteiger charge is 2.48. The molecular weight excluding hydrogens is 833 g/mol. The van der Waals surface area contributed by atoms with Gasteiger partial charge < -0.3 is 9.47 Å². The monoisotopic (exact) mass is 886 g/mol. The molecule has 0 saturated heterocycles. The number of allylic oxidation sites excluding steroid dienone is 3. The fourth-order valence-electron chi connectivity index (χ4n) is 11.6. The van der Waals surface area contributed by atoms with E-state index in [1.165, 1.54) is 66.9 Å². The summed E-state index contributed by atoms with van der Waals surface area (Å²) in [5.74, 6) is 0. The Morgan fingerprint density at radius 3 is 1.83 bits per heavy atom. The number of nitrogens with zero attached hydrogens (tertiary/aromatic N) is 2. The molecule has 0 radical (unpaired) electrons. The number of para-hydroxylation sites is 1. The van der Waals surface area contributed by atoms with Crippen molar-refractivity contribution in [1.29, 1.82) is 0 Å². The first-order chi connectivity index (χ1) is 33.9. The smallest absolute Gasteiger partial charge is 0.0715 e. The number of benzene rings is 8. The molecule has 8 aromatic carbocycles. The van der Waals surface area contributed by atoms with Crippen molar-refractivity contribution in [3.63, 3.8) is 0 Å². The molecule has 0 unspecified atom stereocenters. The Labute approximate surface area is 407 Å². The fraction of sp³-hybridized carbons (Fsp3) is 0.0746. The van der Waals surface area contributed by atoms with Crippen LogP contribution in [0.2, 0.25) is 0 Å². The van der Waals surface area contributed by atoms with Crippen molar-refractivity contribution in [3.8, 4) is 27.9 Å². The largest absolute Gasteiger partial charge is 0.311 e. The van der Waals surface area contributed by atoms with Gasteiger partial charge in [0.1, 0.15) is 0 Å². The Balaban J connectivity index is 1.24. The summed E-state index contributed by atoms with van der Waals surface area (Å²) in [7, 11) is 0. The van der Waals surface area contributed by atoms with Gasteiger partial charge in [0.05, 0.1) is 22.3 Å². The molecule has 2 aliphatic rings. The van der Waals surface area contributed by atoms with Crippen molar-refractivity contribution < 1.29 is 0 Å². The Hall–Kier alpha value is -8.46. The highest BCUT2D eigenvalue weighted by molar-refractivity contribution is 6.00. The average Bonchev–Trinajstić information content (AvgIpc) is 3.89. The van der Waals surface area contributed by atoms with Crippen LogP contribution in [0.5, 0.6) is 0 Å². The summed E-state index contributed by atoms with van der Waals surface area (Å²) in [4.78, 5) is 2.51. The van der Waals surface area contributed by atoms with Crippen LogP contribution in [0, 0.1) is 6.92 Å². The SMILES string of the molecule is C=Cc1c(-n2c(C=C)c(C=C)c3ccccc32)cc2c(c1C=C)-c1ccc(N(C3=CCCC(c4ccccc4C)=C3C)c3cccc(-c4ccccc4)c3)cc1C2(c1ccccc1)c1ccccc1. The summed E-state index contributed by atoms with van der Waals surface area (Å²) in [6, 6.07) is 68.9. The predicted octanol–water partition coefficient (Wildman–Crippen LogP) is 17.8. The van der Waals surface area contributed by atoms with E-state index in [0.717, 1.165) is 68.8 Å². The van der Waals surface area contributed by atoms with Gasteiger partial charge in [0.2, 0.25) is 0 Å². The van der Waals surface area contributed by atoms with Crippen LogP contribution in [0.1, 0.15) is 75.5 Å². The van der Waals surface area contributed by atoms with Gasteiger partial charge in [-0.1, -0.05) is 202 Å². The summed E-state index contributed by atoms with van der Waals surface area (Å²) in [6.07, 6.45) is 12.3. The van der Waals surface area contributed by atoms with Crippen LogP contribution in [-0.2, 0) is 5.41 Å². The first-order valence-corrected chi connectivity index (χ1v) is 24.0. The zero-order valence-corrected chi connectivity index (χ0v) is 39.4. The standard InChI is InChI=1S/C67H54N2/c1-7-53-55(9-3)66-59-41-40-52(68(51-34-24-29-48(42-51)47-27-14-11-15-28-47)63-39-25-37-57(46(63)6)56-35-21-20-26-45(56)5)43-60(59)67(49-30-16-12-17-31-49,50-32-18-13-19-33-50)61(66)44-65(53)69-62(10-4)54(8-2)58-36-22-23-38-64(58)69/h7-24,26-36,38-44H,1-4,25,37H2,5-6H3. The third kappa shape index (κ3) is 6.78. The molecule has 0 aliphatic heterocycles. The molecule has 1 heterocycles. The van der Waals surface area contributed by atoms with Crippen molar-refractivity contribution in [3.05, 3.63) is 287 Å². The zero-order chi connectivity index (χ0) is 47.2. The molecule has 69 heavy (non-hydrogen) atoms. The number of anilines is 2. The molecule has 0 spiro atoms. The third-order valence-electron chi connectivity index (χ3n) is 14.6. The summed E-state index contributed by atoms with van der Waals surface area (Å²) in [5, 5.41) is 1.12. The Morgan fingerprint density at radius 2 is 1.14 bits per heavy atom. The van der Waals surface area contributed by atoms with Crippen LogP contribution in [0.25, 0.3) is 68.7 Å².